The first-order chi connectivity index (χ1) is 14.2. The number of fused-ring (bicyclic) bond motifs is 5. The molecule has 4 aliphatic carbocycles. The van der Waals surface area contributed by atoms with Crippen LogP contribution in [-0.2, 0) is 0 Å². The summed E-state index contributed by atoms with van der Waals surface area (Å²) in [6, 6.07) is 0. The van der Waals surface area contributed by atoms with Crippen LogP contribution in [0.4, 0.5) is 0 Å². The molecule has 1 nitrogen and oxygen atoms in total. The molecule has 0 amide bonds. The van der Waals surface area contributed by atoms with Crippen LogP contribution in [0.15, 0.2) is 11.6 Å². The Bertz CT molecular complexity index is 634. The lowest BCUT2D eigenvalue weighted by Gasteiger charge is -2.58. The summed E-state index contributed by atoms with van der Waals surface area (Å²) in [7, 11) is 0. The zero-order valence-corrected chi connectivity index (χ0v) is 20.9. The minimum absolute atomic E-state index is 0.0794. The molecule has 0 spiro atoms. The van der Waals surface area contributed by atoms with Gasteiger partial charge < -0.3 is 5.11 Å². The maximum Gasteiger partial charge on any atom is 0.0577 e. The molecule has 2 unspecified atom stereocenters. The van der Waals surface area contributed by atoms with Gasteiger partial charge in [-0.05, 0) is 110 Å². The van der Waals surface area contributed by atoms with Crippen LogP contribution in [0.25, 0.3) is 0 Å². The van der Waals surface area contributed by atoms with Gasteiger partial charge in [-0.1, -0.05) is 66.0 Å². The van der Waals surface area contributed by atoms with Crippen LogP contribution in [0.2, 0.25) is 0 Å². The normalized spacial score (nSPS) is 45.3. The van der Waals surface area contributed by atoms with E-state index in [1.807, 2.05) is 0 Å². The van der Waals surface area contributed by atoms with Gasteiger partial charge in [-0.3, -0.25) is 0 Å². The van der Waals surface area contributed by atoms with Crippen molar-refractivity contribution in [2.75, 3.05) is 0 Å². The number of aliphatic hydroxyl groups excluding tert-OH is 1. The van der Waals surface area contributed by atoms with Crippen molar-refractivity contribution in [3.8, 4) is 0 Å². The maximum atomic E-state index is 10.2. The van der Waals surface area contributed by atoms with Crippen molar-refractivity contribution in [1.82, 2.24) is 0 Å². The topological polar surface area (TPSA) is 20.2 Å². The van der Waals surface area contributed by atoms with E-state index in [0.717, 1.165) is 54.3 Å². The van der Waals surface area contributed by atoms with Gasteiger partial charge >= 0.3 is 0 Å². The highest BCUT2D eigenvalue weighted by Crippen LogP contribution is 2.67. The Balaban J connectivity index is 1.47. The summed E-state index contributed by atoms with van der Waals surface area (Å²) < 4.78 is 0. The van der Waals surface area contributed by atoms with Crippen molar-refractivity contribution in [3.63, 3.8) is 0 Å². The van der Waals surface area contributed by atoms with E-state index >= 15 is 0 Å². The molecule has 9 atom stereocenters. The zero-order chi connectivity index (χ0) is 21.7. The maximum absolute atomic E-state index is 10.2. The Hall–Kier alpha value is -0.300. The molecule has 1 N–H and O–H groups in total. The molecule has 4 aliphatic rings. The largest absolute Gasteiger partial charge is 0.393 e. The van der Waals surface area contributed by atoms with Gasteiger partial charge in [0.15, 0.2) is 0 Å². The molecule has 0 aromatic heterocycles. The minimum Gasteiger partial charge on any atom is -0.393 e. The predicted molar refractivity (Wildman–Crippen MR) is 128 cm³/mol. The first-order valence-electron chi connectivity index (χ1n) is 13.6. The summed E-state index contributed by atoms with van der Waals surface area (Å²) in [5.41, 5.74) is 2.59. The summed E-state index contributed by atoms with van der Waals surface area (Å²) in [5.74, 6) is 6.31. The van der Waals surface area contributed by atoms with Gasteiger partial charge in [-0.15, -0.1) is 0 Å². The van der Waals surface area contributed by atoms with Crippen LogP contribution in [0, 0.1) is 52.3 Å². The van der Waals surface area contributed by atoms with Gasteiger partial charge in [-0.2, -0.15) is 0 Å². The van der Waals surface area contributed by atoms with Crippen molar-refractivity contribution in [1.29, 1.82) is 0 Å². The van der Waals surface area contributed by atoms with Crippen LogP contribution < -0.4 is 0 Å². The molecule has 0 aromatic rings. The third kappa shape index (κ3) is 3.74. The van der Waals surface area contributed by atoms with Gasteiger partial charge in [0.1, 0.15) is 0 Å². The molecule has 0 aliphatic heterocycles. The molecular formula is C29H50O. The number of rotatable bonds is 6. The van der Waals surface area contributed by atoms with Crippen molar-refractivity contribution >= 4 is 0 Å². The fourth-order valence-electron chi connectivity index (χ4n) is 9.30. The van der Waals surface area contributed by atoms with Crippen LogP contribution >= 0.6 is 0 Å². The second-order valence-electron chi connectivity index (χ2n) is 12.9. The molecule has 30 heavy (non-hydrogen) atoms. The molecule has 0 radical (unpaired) electrons. The molecule has 0 saturated heterocycles. The van der Waals surface area contributed by atoms with E-state index in [9.17, 15) is 5.11 Å². The fraction of sp³-hybridized carbons (Fsp3) is 0.931. The molecular weight excluding hydrogens is 364 g/mol. The monoisotopic (exact) mass is 414 g/mol. The lowest BCUT2D eigenvalue weighted by Crippen LogP contribution is -2.50. The van der Waals surface area contributed by atoms with E-state index < -0.39 is 0 Å². The van der Waals surface area contributed by atoms with Crippen molar-refractivity contribution in [2.24, 2.45) is 52.3 Å². The third-order valence-electron chi connectivity index (χ3n) is 11.3. The van der Waals surface area contributed by atoms with Crippen molar-refractivity contribution in [2.45, 2.75) is 118 Å². The lowest BCUT2D eigenvalue weighted by molar-refractivity contribution is -0.0575. The Kier molecular flexibility index (Phi) is 6.53. The molecule has 0 aromatic carbocycles. The highest BCUT2D eigenvalue weighted by molar-refractivity contribution is 5.25. The lowest BCUT2D eigenvalue weighted by atomic mass is 9.47. The fourth-order valence-corrected chi connectivity index (χ4v) is 9.30. The summed E-state index contributed by atoms with van der Waals surface area (Å²) in [5, 5.41) is 10.2. The van der Waals surface area contributed by atoms with E-state index in [0.29, 0.717) is 10.8 Å². The molecule has 0 bridgehead atoms. The second kappa shape index (κ2) is 8.57. The average molecular weight is 415 g/mol. The summed E-state index contributed by atoms with van der Waals surface area (Å²) in [4.78, 5) is 0. The summed E-state index contributed by atoms with van der Waals surface area (Å²) in [6.45, 7) is 15.1. The summed E-state index contributed by atoms with van der Waals surface area (Å²) >= 11 is 0. The van der Waals surface area contributed by atoms with E-state index in [4.69, 9.17) is 0 Å². The first kappa shape index (κ1) is 22.9. The number of hydrogen-bond acceptors (Lipinski definition) is 1. The molecule has 3 saturated carbocycles. The van der Waals surface area contributed by atoms with Gasteiger partial charge in [0, 0.05) is 0 Å². The highest BCUT2D eigenvalue weighted by Gasteiger charge is 2.59. The minimum atomic E-state index is -0.0794. The Labute approximate surface area is 187 Å². The van der Waals surface area contributed by atoms with Crippen molar-refractivity contribution in [3.05, 3.63) is 11.6 Å². The smallest absolute Gasteiger partial charge is 0.0577 e. The Morgan fingerprint density at radius 3 is 2.47 bits per heavy atom. The van der Waals surface area contributed by atoms with Crippen LogP contribution in [0.5, 0.6) is 0 Å². The van der Waals surface area contributed by atoms with E-state index in [2.05, 4.69) is 47.6 Å². The van der Waals surface area contributed by atoms with Gasteiger partial charge in [-0.25, -0.2) is 0 Å². The molecule has 0 heterocycles. The predicted octanol–water partition coefficient (Wildman–Crippen LogP) is 8.02. The molecule has 4 rings (SSSR count). The van der Waals surface area contributed by atoms with Crippen LogP contribution in [0.1, 0.15) is 112 Å². The van der Waals surface area contributed by atoms with Crippen LogP contribution in [0.3, 0.4) is 0 Å². The SMILES string of the molecule is CCC(CCC(C)[C@H]1CC[C@H]2[C@@H]3CC=C4C[C@@H](O)CC[C@]4(C)[C@H]3CC[C@]12C)C(C)C. The molecule has 172 valence electrons. The van der Waals surface area contributed by atoms with E-state index in [1.54, 1.807) is 5.57 Å². The standard InChI is InChI=1S/C29H50O/c1-7-21(19(2)3)9-8-20(4)25-12-13-26-24-11-10-22-18-23(30)14-16-28(22,5)27(24)15-17-29(25,26)6/h10,19-21,23-27,30H,7-9,11-18H2,1-6H3/t20?,21?,23-,24-,25+,26-,27-,28-,29+/m0/s1. The first-order valence-corrected chi connectivity index (χ1v) is 13.6. The van der Waals surface area contributed by atoms with Crippen LogP contribution in [-0.4, -0.2) is 11.2 Å². The van der Waals surface area contributed by atoms with Gasteiger partial charge in [0.2, 0.25) is 0 Å². The summed E-state index contributed by atoms with van der Waals surface area (Å²) in [6.07, 6.45) is 17.1. The van der Waals surface area contributed by atoms with Gasteiger partial charge in [0.25, 0.3) is 0 Å². The van der Waals surface area contributed by atoms with E-state index in [1.165, 1.54) is 57.8 Å². The number of aliphatic hydroxyl groups is 1. The van der Waals surface area contributed by atoms with E-state index in [-0.39, 0.29) is 6.10 Å². The quantitative estimate of drug-likeness (QED) is 0.436. The van der Waals surface area contributed by atoms with Crippen molar-refractivity contribution < 1.29 is 5.11 Å². The Morgan fingerprint density at radius 2 is 1.77 bits per heavy atom. The Morgan fingerprint density at radius 1 is 1.00 bits per heavy atom. The van der Waals surface area contributed by atoms with Gasteiger partial charge in [0.05, 0.1) is 6.10 Å². The molecule has 3 fully saturated rings. The molecule has 1 heteroatoms. The highest BCUT2D eigenvalue weighted by atomic mass is 16.3. The average Bonchev–Trinajstić information content (AvgIpc) is 3.06. The third-order valence-corrected chi connectivity index (χ3v) is 11.3. The number of hydrogen-bond donors (Lipinski definition) is 1. The second-order valence-corrected chi connectivity index (χ2v) is 12.9. The number of allylic oxidation sites excluding steroid dienone is 1. The zero-order valence-electron chi connectivity index (χ0n) is 20.9.